The fourth-order valence-corrected chi connectivity index (χ4v) is 3.87. The zero-order chi connectivity index (χ0) is 19.7. The molecule has 8 heteroatoms. The zero-order valence-corrected chi connectivity index (χ0v) is 15.5. The third kappa shape index (κ3) is 3.90. The minimum absolute atomic E-state index is 0.124. The highest BCUT2D eigenvalue weighted by Gasteiger charge is 2.32. The lowest BCUT2D eigenvalue weighted by atomic mass is 9.81. The normalized spacial score (nSPS) is 19.4. The molecular weight excluding hydrogens is 367 g/mol. The third-order valence-electron chi connectivity index (χ3n) is 5.79. The molecule has 3 heterocycles. The number of nitrogens with zero attached hydrogens (tertiary/aromatic N) is 5. The van der Waals surface area contributed by atoms with Gasteiger partial charge in [-0.3, -0.25) is 4.90 Å². The molecule has 2 aliphatic rings. The molecule has 2 aromatic heterocycles. The highest BCUT2D eigenvalue weighted by molar-refractivity contribution is 5.32. The Morgan fingerprint density at radius 2 is 1.93 bits per heavy atom. The summed E-state index contributed by atoms with van der Waals surface area (Å²) in [4.78, 5) is 6.40. The van der Waals surface area contributed by atoms with Gasteiger partial charge in [-0.05, 0) is 50.9 Å². The molecule has 0 amide bonds. The smallest absolute Gasteiger partial charge is 0.299 e. The molecular formula is C20H22F3N5. The summed E-state index contributed by atoms with van der Waals surface area (Å²) in [5.74, 6) is 0.683. The molecule has 0 N–H and O–H groups in total. The van der Waals surface area contributed by atoms with Crippen LogP contribution < -0.4 is 0 Å². The average molecular weight is 389 g/mol. The number of aromatic nitrogens is 3. The van der Waals surface area contributed by atoms with Gasteiger partial charge < -0.3 is 0 Å². The lowest BCUT2D eigenvalue weighted by Gasteiger charge is -2.30. The SMILES string of the molecule is N#CC1CCN(Cc2cn(-c3cc(C(F)(F)F)ccn3)nc2C2CCC2)CC1. The molecule has 2 fully saturated rings. The number of hydrogen-bond donors (Lipinski definition) is 0. The van der Waals surface area contributed by atoms with E-state index >= 15 is 0 Å². The first-order valence-electron chi connectivity index (χ1n) is 9.68. The second-order valence-corrected chi connectivity index (χ2v) is 7.69. The Morgan fingerprint density at radius 3 is 2.54 bits per heavy atom. The molecule has 2 aromatic rings. The largest absolute Gasteiger partial charge is 0.416 e. The molecule has 0 atom stereocenters. The number of piperidine rings is 1. The van der Waals surface area contributed by atoms with E-state index in [4.69, 9.17) is 5.26 Å². The summed E-state index contributed by atoms with van der Waals surface area (Å²) in [5.41, 5.74) is 1.31. The molecule has 1 saturated carbocycles. The van der Waals surface area contributed by atoms with Gasteiger partial charge in [0.05, 0.1) is 17.3 Å². The van der Waals surface area contributed by atoms with Crippen LogP contribution in [0.25, 0.3) is 5.82 Å². The molecule has 4 rings (SSSR count). The maximum absolute atomic E-state index is 13.0. The van der Waals surface area contributed by atoms with Crippen LogP contribution in [0.15, 0.2) is 24.5 Å². The van der Waals surface area contributed by atoms with E-state index in [2.05, 4.69) is 21.1 Å². The van der Waals surface area contributed by atoms with Crippen LogP contribution in [0.3, 0.4) is 0 Å². The summed E-state index contributed by atoms with van der Waals surface area (Å²) in [5, 5.41) is 13.7. The minimum Gasteiger partial charge on any atom is -0.299 e. The van der Waals surface area contributed by atoms with E-state index in [0.717, 1.165) is 68.6 Å². The molecule has 1 saturated heterocycles. The fraction of sp³-hybridized carbons (Fsp3) is 0.550. The highest BCUT2D eigenvalue weighted by atomic mass is 19.4. The van der Waals surface area contributed by atoms with Gasteiger partial charge in [0.25, 0.3) is 0 Å². The second kappa shape index (κ2) is 7.55. The number of rotatable bonds is 4. The maximum atomic E-state index is 13.0. The first-order chi connectivity index (χ1) is 13.4. The molecule has 1 aliphatic heterocycles. The lowest BCUT2D eigenvalue weighted by molar-refractivity contribution is -0.137. The third-order valence-corrected chi connectivity index (χ3v) is 5.79. The van der Waals surface area contributed by atoms with Gasteiger partial charge in [-0.25, -0.2) is 9.67 Å². The summed E-state index contributed by atoms with van der Waals surface area (Å²) >= 11 is 0. The van der Waals surface area contributed by atoms with Crippen LogP contribution in [0.1, 0.15) is 54.8 Å². The number of alkyl halides is 3. The Balaban J connectivity index is 1.59. The van der Waals surface area contributed by atoms with Crippen LogP contribution in [-0.4, -0.2) is 32.8 Å². The number of likely N-dealkylation sites (tertiary alicyclic amines) is 1. The average Bonchev–Trinajstić information content (AvgIpc) is 3.04. The Labute approximate surface area is 161 Å². The van der Waals surface area contributed by atoms with Gasteiger partial charge in [-0.2, -0.15) is 23.5 Å². The Hall–Kier alpha value is -2.40. The van der Waals surface area contributed by atoms with Crippen LogP contribution in [0, 0.1) is 17.2 Å². The van der Waals surface area contributed by atoms with E-state index in [1.54, 1.807) is 0 Å². The first kappa shape index (κ1) is 18.9. The summed E-state index contributed by atoms with van der Waals surface area (Å²) in [6, 6.07) is 4.35. The van der Waals surface area contributed by atoms with E-state index in [-0.39, 0.29) is 11.7 Å². The maximum Gasteiger partial charge on any atom is 0.416 e. The van der Waals surface area contributed by atoms with Crippen molar-refractivity contribution in [2.75, 3.05) is 13.1 Å². The van der Waals surface area contributed by atoms with Crippen LogP contribution >= 0.6 is 0 Å². The number of hydrogen-bond acceptors (Lipinski definition) is 4. The van der Waals surface area contributed by atoms with Crippen molar-refractivity contribution < 1.29 is 13.2 Å². The van der Waals surface area contributed by atoms with Crippen molar-refractivity contribution in [3.05, 3.63) is 41.3 Å². The molecule has 0 aromatic carbocycles. The molecule has 1 aliphatic carbocycles. The van der Waals surface area contributed by atoms with Crippen molar-refractivity contribution in [3.8, 4) is 11.9 Å². The lowest BCUT2D eigenvalue weighted by Crippen LogP contribution is -2.33. The Bertz CT molecular complexity index is 871. The second-order valence-electron chi connectivity index (χ2n) is 7.69. The van der Waals surface area contributed by atoms with E-state index in [1.165, 1.54) is 10.9 Å². The molecule has 148 valence electrons. The van der Waals surface area contributed by atoms with Gasteiger partial charge in [0.2, 0.25) is 0 Å². The van der Waals surface area contributed by atoms with Gasteiger partial charge >= 0.3 is 6.18 Å². The Kier molecular flexibility index (Phi) is 5.11. The van der Waals surface area contributed by atoms with Crippen molar-refractivity contribution >= 4 is 0 Å². The summed E-state index contributed by atoms with van der Waals surface area (Å²) in [7, 11) is 0. The van der Waals surface area contributed by atoms with Crippen LogP contribution in [-0.2, 0) is 12.7 Å². The van der Waals surface area contributed by atoms with Gasteiger partial charge in [-0.1, -0.05) is 6.42 Å². The molecule has 5 nitrogen and oxygen atoms in total. The first-order valence-corrected chi connectivity index (χ1v) is 9.68. The zero-order valence-electron chi connectivity index (χ0n) is 15.5. The molecule has 0 bridgehead atoms. The Morgan fingerprint density at radius 1 is 1.18 bits per heavy atom. The van der Waals surface area contributed by atoms with Crippen LogP contribution in [0.5, 0.6) is 0 Å². The van der Waals surface area contributed by atoms with Crippen molar-refractivity contribution in [2.45, 2.75) is 50.7 Å². The summed E-state index contributed by atoms with van der Waals surface area (Å²) in [6.07, 6.45) is 3.61. The predicted molar refractivity (Wildman–Crippen MR) is 96.6 cm³/mol. The number of nitriles is 1. The highest BCUT2D eigenvalue weighted by Crippen LogP contribution is 2.38. The summed E-state index contributed by atoms with van der Waals surface area (Å²) < 4.78 is 40.6. The van der Waals surface area contributed by atoms with Crippen molar-refractivity contribution in [3.63, 3.8) is 0 Å². The van der Waals surface area contributed by atoms with Gasteiger partial charge in [0, 0.05) is 36.3 Å². The van der Waals surface area contributed by atoms with E-state index in [0.29, 0.717) is 12.5 Å². The van der Waals surface area contributed by atoms with E-state index in [1.807, 2.05) is 6.20 Å². The van der Waals surface area contributed by atoms with Gasteiger partial charge in [0.1, 0.15) is 0 Å². The van der Waals surface area contributed by atoms with E-state index in [9.17, 15) is 13.2 Å². The minimum atomic E-state index is -4.41. The molecule has 0 radical (unpaired) electrons. The molecule has 0 unspecified atom stereocenters. The van der Waals surface area contributed by atoms with Crippen molar-refractivity contribution in [1.29, 1.82) is 5.26 Å². The quantitative estimate of drug-likeness (QED) is 0.783. The van der Waals surface area contributed by atoms with E-state index < -0.39 is 11.7 Å². The summed E-state index contributed by atoms with van der Waals surface area (Å²) in [6.45, 7) is 2.42. The molecule has 0 spiro atoms. The van der Waals surface area contributed by atoms with Crippen LogP contribution in [0.2, 0.25) is 0 Å². The monoisotopic (exact) mass is 389 g/mol. The number of halogens is 3. The predicted octanol–water partition coefficient (Wildman–Crippen LogP) is 4.29. The van der Waals surface area contributed by atoms with Gasteiger partial charge in [0.15, 0.2) is 5.82 Å². The standard InChI is InChI=1S/C20H22F3N5/c21-20(22,23)17-4-7-25-18(10-17)28-13-16(19(26-28)15-2-1-3-15)12-27-8-5-14(11-24)6-9-27/h4,7,10,13-15H,1-3,5-6,8-9,12H2. The van der Waals surface area contributed by atoms with Crippen molar-refractivity contribution in [1.82, 2.24) is 19.7 Å². The fourth-order valence-electron chi connectivity index (χ4n) is 3.87. The molecule has 28 heavy (non-hydrogen) atoms. The topological polar surface area (TPSA) is 57.7 Å². The van der Waals surface area contributed by atoms with Crippen LogP contribution in [0.4, 0.5) is 13.2 Å². The van der Waals surface area contributed by atoms with Crippen molar-refractivity contribution in [2.24, 2.45) is 5.92 Å². The number of pyridine rings is 1. The van der Waals surface area contributed by atoms with Gasteiger partial charge in [-0.15, -0.1) is 0 Å².